The van der Waals surface area contributed by atoms with Crippen LogP contribution in [0.1, 0.15) is 65.7 Å². The van der Waals surface area contributed by atoms with Crippen LogP contribution in [-0.2, 0) is 9.53 Å². The van der Waals surface area contributed by atoms with Crippen molar-refractivity contribution >= 4 is 5.97 Å². The summed E-state index contributed by atoms with van der Waals surface area (Å²) in [6.45, 7) is 6.43. The first-order valence-electron chi connectivity index (χ1n) is 8.42. The highest BCUT2D eigenvalue weighted by atomic mass is 16.5. The lowest BCUT2D eigenvalue weighted by Gasteiger charge is -2.16. The average molecular weight is 302 g/mol. The lowest BCUT2D eigenvalue weighted by atomic mass is 9.90. The Hall–Kier alpha value is -1.57. The third-order valence-corrected chi connectivity index (χ3v) is 3.79. The summed E-state index contributed by atoms with van der Waals surface area (Å²) >= 11 is 0. The number of carbonyl (C=O) groups excluding carboxylic acids is 1. The molecule has 0 radical (unpaired) electrons. The fourth-order valence-corrected chi connectivity index (χ4v) is 2.60. The third kappa shape index (κ3) is 6.46. The van der Waals surface area contributed by atoms with Gasteiger partial charge in [0.05, 0.1) is 7.11 Å². The van der Waals surface area contributed by atoms with Crippen molar-refractivity contribution < 1.29 is 9.53 Å². The number of ether oxygens (including phenoxy) is 1. The van der Waals surface area contributed by atoms with Crippen LogP contribution in [0.3, 0.4) is 0 Å². The van der Waals surface area contributed by atoms with E-state index in [4.69, 9.17) is 0 Å². The standard InChI is InChI=1S/C17H22O2.C3H8/c1-13-6-9-16(12-13)15-10-7-14(8-11-15)4-3-5-17(18)19-2;1-3-2/h6-7,9-10H,3-5,8,11-12H2,1-2H3;3H2,1-2H3. The van der Waals surface area contributed by atoms with E-state index >= 15 is 0 Å². The molecule has 22 heavy (non-hydrogen) atoms. The van der Waals surface area contributed by atoms with Crippen molar-refractivity contribution in [2.24, 2.45) is 0 Å². The predicted molar refractivity (Wildman–Crippen MR) is 93.7 cm³/mol. The van der Waals surface area contributed by atoms with Crippen molar-refractivity contribution in [3.8, 4) is 0 Å². The van der Waals surface area contributed by atoms with Gasteiger partial charge in [-0.1, -0.05) is 55.7 Å². The zero-order valence-electron chi connectivity index (χ0n) is 14.6. The Morgan fingerprint density at radius 2 is 1.77 bits per heavy atom. The second-order valence-corrected chi connectivity index (χ2v) is 6.04. The van der Waals surface area contributed by atoms with Gasteiger partial charge < -0.3 is 4.74 Å². The van der Waals surface area contributed by atoms with Crippen LogP contribution in [0.5, 0.6) is 0 Å². The number of hydrogen-bond acceptors (Lipinski definition) is 2. The van der Waals surface area contributed by atoms with E-state index in [0.717, 1.165) is 32.1 Å². The van der Waals surface area contributed by atoms with Crippen molar-refractivity contribution in [1.82, 2.24) is 0 Å². The van der Waals surface area contributed by atoms with Crippen LogP contribution in [-0.4, -0.2) is 13.1 Å². The molecule has 0 aromatic rings. The lowest BCUT2D eigenvalue weighted by molar-refractivity contribution is -0.140. The topological polar surface area (TPSA) is 26.3 Å². The zero-order valence-corrected chi connectivity index (χ0v) is 14.6. The van der Waals surface area contributed by atoms with E-state index in [0.29, 0.717) is 6.42 Å². The van der Waals surface area contributed by atoms with Crippen LogP contribution in [0.25, 0.3) is 0 Å². The number of hydrogen-bond donors (Lipinski definition) is 0. The molecule has 0 bridgehead atoms. The van der Waals surface area contributed by atoms with Crippen LogP contribution < -0.4 is 0 Å². The maximum atomic E-state index is 11.0. The molecular weight excluding hydrogens is 272 g/mol. The van der Waals surface area contributed by atoms with Gasteiger partial charge in [0.15, 0.2) is 0 Å². The first-order valence-corrected chi connectivity index (χ1v) is 8.42. The minimum Gasteiger partial charge on any atom is -0.469 e. The van der Waals surface area contributed by atoms with E-state index < -0.39 is 0 Å². The van der Waals surface area contributed by atoms with E-state index in [2.05, 4.69) is 49.8 Å². The summed E-state index contributed by atoms with van der Waals surface area (Å²) in [7, 11) is 1.45. The van der Waals surface area contributed by atoms with Crippen molar-refractivity contribution in [1.29, 1.82) is 0 Å². The summed E-state index contributed by atoms with van der Waals surface area (Å²) in [5.41, 5.74) is 5.85. The monoisotopic (exact) mass is 302 g/mol. The number of carbonyl (C=O) groups is 1. The van der Waals surface area contributed by atoms with Crippen LogP contribution in [0.2, 0.25) is 0 Å². The van der Waals surface area contributed by atoms with Gasteiger partial charge in [-0.3, -0.25) is 4.79 Å². The highest BCUT2D eigenvalue weighted by Crippen LogP contribution is 2.32. The molecule has 0 spiro atoms. The minimum absolute atomic E-state index is 0.106. The SMILES string of the molecule is CCC.COC(=O)CCCC1=CC=C(C2=CC=C(C)C2)CC1. The number of rotatable bonds is 5. The molecule has 0 saturated carbocycles. The quantitative estimate of drug-likeness (QED) is 0.612. The third-order valence-electron chi connectivity index (χ3n) is 3.79. The van der Waals surface area contributed by atoms with Crippen LogP contribution in [0, 0.1) is 0 Å². The Balaban J connectivity index is 0.000000745. The second-order valence-electron chi connectivity index (χ2n) is 6.04. The molecule has 2 aliphatic rings. The van der Waals surface area contributed by atoms with Crippen molar-refractivity contribution in [3.63, 3.8) is 0 Å². The molecule has 0 aliphatic heterocycles. The first kappa shape index (κ1) is 18.5. The molecule has 2 aliphatic carbocycles. The van der Waals surface area contributed by atoms with Gasteiger partial charge in [-0.05, 0) is 50.2 Å². The number of allylic oxidation sites excluding steroid dienone is 8. The van der Waals surface area contributed by atoms with Crippen molar-refractivity contribution in [2.75, 3.05) is 7.11 Å². The Bertz CT molecular complexity index is 490. The second kappa shape index (κ2) is 10.2. The number of methoxy groups -OCH3 is 1. The summed E-state index contributed by atoms with van der Waals surface area (Å²) < 4.78 is 4.65. The Kier molecular flexibility index (Phi) is 8.57. The largest absolute Gasteiger partial charge is 0.469 e. The first-order chi connectivity index (χ1) is 10.6. The normalized spacial score (nSPS) is 16.7. The predicted octanol–water partition coefficient (Wildman–Crippen LogP) is 5.67. The summed E-state index contributed by atoms with van der Waals surface area (Å²) in [4.78, 5) is 11.0. The Morgan fingerprint density at radius 3 is 2.27 bits per heavy atom. The molecule has 2 rings (SSSR count). The van der Waals surface area contributed by atoms with Gasteiger partial charge in [0.25, 0.3) is 0 Å². The smallest absolute Gasteiger partial charge is 0.305 e. The van der Waals surface area contributed by atoms with Gasteiger partial charge in [-0.15, -0.1) is 0 Å². The fraction of sp³-hybridized carbons (Fsp3) is 0.550. The van der Waals surface area contributed by atoms with Crippen LogP contribution in [0.15, 0.2) is 46.6 Å². The summed E-state index contributed by atoms with van der Waals surface area (Å²) in [5.74, 6) is -0.106. The summed E-state index contributed by atoms with van der Waals surface area (Å²) in [6.07, 6.45) is 16.0. The molecular formula is C20H30O2. The van der Waals surface area contributed by atoms with E-state index in [1.54, 1.807) is 0 Å². The van der Waals surface area contributed by atoms with Crippen LogP contribution >= 0.6 is 0 Å². The van der Waals surface area contributed by atoms with E-state index in [-0.39, 0.29) is 5.97 Å². The maximum Gasteiger partial charge on any atom is 0.305 e. The highest BCUT2D eigenvalue weighted by Gasteiger charge is 2.13. The molecule has 0 N–H and O–H groups in total. The Morgan fingerprint density at radius 1 is 1.09 bits per heavy atom. The van der Waals surface area contributed by atoms with Crippen molar-refractivity contribution in [3.05, 3.63) is 46.6 Å². The molecule has 2 heteroatoms. The molecule has 0 atom stereocenters. The zero-order chi connectivity index (χ0) is 16.4. The van der Waals surface area contributed by atoms with Gasteiger partial charge in [0.2, 0.25) is 0 Å². The van der Waals surface area contributed by atoms with E-state index in [9.17, 15) is 4.79 Å². The Labute approximate surface area is 135 Å². The van der Waals surface area contributed by atoms with E-state index in [1.807, 2.05) is 0 Å². The summed E-state index contributed by atoms with van der Waals surface area (Å²) in [5, 5.41) is 0. The van der Waals surface area contributed by atoms with Gasteiger partial charge in [-0.25, -0.2) is 0 Å². The molecule has 0 heterocycles. The minimum atomic E-state index is -0.106. The molecule has 0 amide bonds. The maximum absolute atomic E-state index is 11.0. The molecule has 0 aromatic heterocycles. The molecule has 0 unspecified atom stereocenters. The molecule has 122 valence electrons. The van der Waals surface area contributed by atoms with E-state index in [1.165, 1.54) is 35.8 Å². The molecule has 0 aromatic carbocycles. The summed E-state index contributed by atoms with van der Waals surface area (Å²) in [6, 6.07) is 0. The average Bonchev–Trinajstić information content (AvgIpc) is 2.95. The van der Waals surface area contributed by atoms with Gasteiger partial charge in [-0.2, -0.15) is 0 Å². The fourth-order valence-electron chi connectivity index (χ4n) is 2.60. The highest BCUT2D eigenvalue weighted by molar-refractivity contribution is 5.69. The number of esters is 1. The van der Waals surface area contributed by atoms with Gasteiger partial charge in [0.1, 0.15) is 0 Å². The molecule has 0 fully saturated rings. The van der Waals surface area contributed by atoms with Crippen molar-refractivity contribution in [2.45, 2.75) is 65.7 Å². The van der Waals surface area contributed by atoms with Gasteiger partial charge in [0, 0.05) is 6.42 Å². The van der Waals surface area contributed by atoms with Crippen LogP contribution in [0.4, 0.5) is 0 Å². The lowest BCUT2D eigenvalue weighted by Crippen LogP contribution is -2.01. The van der Waals surface area contributed by atoms with Gasteiger partial charge >= 0.3 is 5.97 Å². The molecule has 0 saturated heterocycles. The molecule has 2 nitrogen and oxygen atoms in total.